The van der Waals surface area contributed by atoms with Gasteiger partial charge in [-0.15, -0.1) is 0 Å². The Labute approximate surface area is 184 Å². The van der Waals surface area contributed by atoms with Gasteiger partial charge >= 0.3 is 0 Å². The van der Waals surface area contributed by atoms with E-state index in [-0.39, 0.29) is 0 Å². The number of fused-ring (bicyclic) bond motifs is 1. The molecule has 0 fully saturated rings. The van der Waals surface area contributed by atoms with Gasteiger partial charge in [-0.3, -0.25) is 4.98 Å². The van der Waals surface area contributed by atoms with Crippen molar-refractivity contribution in [2.75, 3.05) is 5.32 Å². The molecule has 2 aromatic heterocycles. The molecule has 0 saturated heterocycles. The van der Waals surface area contributed by atoms with Gasteiger partial charge in [0.2, 0.25) is 0 Å². The second kappa shape index (κ2) is 9.05. The Morgan fingerprint density at radius 2 is 1.75 bits per heavy atom. The molecule has 0 aliphatic rings. The van der Waals surface area contributed by atoms with Crippen molar-refractivity contribution < 1.29 is 4.74 Å². The summed E-state index contributed by atoms with van der Waals surface area (Å²) in [6.07, 6.45) is 3.44. The lowest BCUT2D eigenvalue weighted by Crippen LogP contribution is -2.02. The van der Waals surface area contributed by atoms with Crippen molar-refractivity contribution in [3.8, 4) is 5.75 Å². The monoisotopic (exact) mass is 421 g/mol. The van der Waals surface area contributed by atoms with Crippen molar-refractivity contribution in [1.29, 1.82) is 0 Å². The molecule has 32 heavy (non-hydrogen) atoms. The largest absolute Gasteiger partial charge is 0.487 e. The lowest BCUT2D eigenvalue weighted by atomic mass is 10.1. The lowest BCUT2D eigenvalue weighted by molar-refractivity contribution is 0.301. The van der Waals surface area contributed by atoms with E-state index >= 15 is 0 Å². The number of nitrogens with zero attached hydrogens (tertiary/aromatic N) is 6. The fraction of sp³-hybridized carbons (Fsp3) is 0.0417. The van der Waals surface area contributed by atoms with Crippen molar-refractivity contribution in [2.45, 2.75) is 6.61 Å². The summed E-state index contributed by atoms with van der Waals surface area (Å²) in [7, 11) is 0. The second-order valence-electron chi connectivity index (χ2n) is 6.97. The SMILES string of the molecule is C(=Nn1nnnc1Nc1cccc2ccccc12)c1ccc(OCc2ccccn2)cc1. The van der Waals surface area contributed by atoms with Crippen molar-refractivity contribution in [3.63, 3.8) is 0 Å². The number of ether oxygens (including phenoxy) is 1. The highest BCUT2D eigenvalue weighted by atomic mass is 16.5. The zero-order valence-corrected chi connectivity index (χ0v) is 17.0. The van der Waals surface area contributed by atoms with Crippen LogP contribution in [0, 0.1) is 0 Å². The average Bonchev–Trinajstić information content (AvgIpc) is 3.30. The number of rotatable bonds is 7. The van der Waals surface area contributed by atoms with Crippen LogP contribution >= 0.6 is 0 Å². The first-order valence-electron chi connectivity index (χ1n) is 10.1. The van der Waals surface area contributed by atoms with Gasteiger partial charge in [0, 0.05) is 17.3 Å². The molecular weight excluding hydrogens is 402 g/mol. The van der Waals surface area contributed by atoms with E-state index in [1.807, 2.05) is 72.8 Å². The molecule has 0 atom stereocenters. The number of pyridine rings is 1. The van der Waals surface area contributed by atoms with E-state index in [2.05, 4.69) is 43.1 Å². The quantitative estimate of drug-likeness (QED) is 0.391. The van der Waals surface area contributed by atoms with E-state index < -0.39 is 0 Å². The zero-order chi connectivity index (χ0) is 21.6. The molecule has 0 amide bonds. The van der Waals surface area contributed by atoms with Crippen molar-refractivity contribution >= 4 is 28.6 Å². The van der Waals surface area contributed by atoms with Gasteiger partial charge in [-0.25, -0.2) is 0 Å². The summed E-state index contributed by atoms with van der Waals surface area (Å²) < 4.78 is 5.76. The van der Waals surface area contributed by atoms with Crippen LogP contribution in [0.1, 0.15) is 11.3 Å². The molecule has 8 nitrogen and oxygen atoms in total. The predicted molar refractivity (Wildman–Crippen MR) is 123 cm³/mol. The number of benzene rings is 3. The molecule has 8 heteroatoms. The van der Waals surface area contributed by atoms with Gasteiger partial charge in [0.15, 0.2) is 0 Å². The van der Waals surface area contributed by atoms with E-state index in [1.165, 1.54) is 4.79 Å². The first-order valence-corrected chi connectivity index (χ1v) is 10.1. The number of tetrazole rings is 1. The summed E-state index contributed by atoms with van der Waals surface area (Å²) in [6.45, 7) is 0.419. The fourth-order valence-corrected chi connectivity index (χ4v) is 3.20. The van der Waals surface area contributed by atoms with Crippen LogP contribution in [0.15, 0.2) is 96.2 Å². The van der Waals surface area contributed by atoms with Gasteiger partial charge < -0.3 is 10.1 Å². The second-order valence-corrected chi connectivity index (χ2v) is 6.97. The van der Waals surface area contributed by atoms with Crippen LogP contribution in [-0.2, 0) is 6.61 Å². The summed E-state index contributed by atoms with van der Waals surface area (Å²) in [5.41, 5.74) is 2.67. The highest BCUT2D eigenvalue weighted by Crippen LogP contribution is 2.25. The third kappa shape index (κ3) is 4.44. The van der Waals surface area contributed by atoms with Crippen LogP contribution in [0.3, 0.4) is 0 Å². The minimum atomic E-state index is 0.419. The third-order valence-electron chi connectivity index (χ3n) is 4.80. The molecule has 156 valence electrons. The number of nitrogens with one attached hydrogen (secondary N) is 1. The molecule has 0 radical (unpaired) electrons. The van der Waals surface area contributed by atoms with Gasteiger partial charge in [-0.05, 0) is 63.8 Å². The van der Waals surface area contributed by atoms with E-state index in [0.717, 1.165) is 33.5 Å². The van der Waals surface area contributed by atoms with Crippen LogP contribution in [0.25, 0.3) is 10.8 Å². The average molecular weight is 421 g/mol. The molecular formula is C24H19N7O. The molecule has 0 aliphatic carbocycles. The van der Waals surface area contributed by atoms with Crippen LogP contribution < -0.4 is 10.1 Å². The Balaban J connectivity index is 1.27. The van der Waals surface area contributed by atoms with Crippen molar-refractivity contribution in [1.82, 2.24) is 25.3 Å². The van der Waals surface area contributed by atoms with Crippen LogP contribution in [0.5, 0.6) is 5.75 Å². The Morgan fingerprint density at radius 3 is 2.62 bits per heavy atom. The topological polar surface area (TPSA) is 90.1 Å². The molecule has 2 heterocycles. The first-order chi connectivity index (χ1) is 15.8. The molecule has 5 rings (SSSR count). The van der Waals surface area contributed by atoms with Crippen LogP contribution in [-0.4, -0.2) is 31.5 Å². The third-order valence-corrected chi connectivity index (χ3v) is 4.80. The maximum atomic E-state index is 5.76. The number of aromatic nitrogens is 5. The van der Waals surface area contributed by atoms with E-state index in [9.17, 15) is 0 Å². The Morgan fingerprint density at radius 1 is 0.906 bits per heavy atom. The summed E-state index contributed by atoms with van der Waals surface area (Å²) in [6, 6.07) is 27.5. The molecule has 5 aromatic rings. The maximum Gasteiger partial charge on any atom is 0.269 e. The standard InChI is InChI=1S/C24H19N7O/c1-2-9-22-19(6-1)7-5-10-23(22)27-24-28-29-30-31(24)26-16-18-11-13-21(14-12-18)32-17-20-8-3-4-15-25-20/h1-16H,17H2,(H,27,28,30). The van der Waals surface area contributed by atoms with Crippen molar-refractivity contribution in [2.24, 2.45) is 5.10 Å². The van der Waals surface area contributed by atoms with Gasteiger partial charge in [0.25, 0.3) is 5.95 Å². The molecule has 0 saturated carbocycles. The molecule has 0 unspecified atom stereocenters. The molecule has 0 spiro atoms. The normalized spacial score (nSPS) is 11.1. The summed E-state index contributed by atoms with van der Waals surface area (Å²) in [4.78, 5) is 5.60. The molecule has 0 aliphatic heterocycles. The number of anilines is 2. The molecule has 1 N–H and O–H groups in total. The van der Waals surface area contributed by atoms with Crippen LogP contribution in [0.4, 0.5) is 11.6 Å². The maximum absolute atomic E-state index is 5.76. The van der Waals surface area contributed by atoms with Crippen LogP contribution in [0.2, 0.25) is 0 Å². The van der Waals surface area contributed by atoms with Gasteiger partial charge in [0.1, 0.15) is 12.4 Å². The smallest absolute Gasteiger partial charge is 0.269 e. The Kier molecular flexibility index (Phi) is 5.48. The van der Waals surface area contributed by atoms with E-state index in [0.29, 0.717) is 12.6 Å². The minimum absolute atomic E-state index is 0.419. The number of hydrogen-bond acceptors (Lipinski definition) is 7. The fourth-order valence-electron chi connectivity index (χ4n) is 3.20. The predicted octanol–water partition coefficient (Wildman–Crippen LogP) is 4.43. The molecule has 0 bridgehead atoms. The summed E-state index contributed by atoms with van der Waals surface area (Å²) in [5.74, 6) is 1.18. The highest BCUT2D eigenvalue weighted by molar-refractivity contribution is 5.94. The Hall–Kier alpha value is -4.59. The van der Waals surface area contributed by atoms with Gasteiger partial charge in [-0.2, -0.15) is 5.10 Å². The highest BCUT2D eigenvalue weighted by Gasteiger charge is 2.07. The molecule has 3 aromatic carbocycles. The minimum Gasteiger partial charge on any atom is -0.487 e. The number of hydrogen-bond donors (Lipinski definition) is 1. The Bertz CT molecular complexity index is 1340. The van der Waals surface area contributed by atoms with E-state index in [4.69, 9.17) is 4.74 Å². The van der Waals surface area contributed by atoms with E-state index in [1.54, 1.807) is 12.4 Å². The van der Waals surface area contributed by atoms with Gasteiger partial charge in [-0.1, -0.05) is 52.4 Å². The summed E-state index contributed by atoms with van der Waals surface area (Å²) >= 11 is 0. The van der Waals surface area contributed by atoms with Gasteiger partial charge in [0.05, 0.1) is 11.9 Å². The summed E-state index contributed by atoms with van der Waals surface area (Å²) in [5, 5.41) is 21.6. The zero-order valence-electron chi connectivity index (χ0n) is 17.0. The van der Waals surface area contributed by atoms with Crippen molar-refractivity contribution in [3.05, 3.63) is 102 Å². The first kappa shape index (κ1) is 19.4. The lowest BCUT2D eigenvalue weighted by Gasteiger charge is -2.07.